The molecule has 0 spiro atoms. The summed E-state index contributed by atoms with van der Waals surface area (Å²) in [6.07, 6.45) is 1.49. The zero-order chi connectivity index (χ0) is 18.9. The zero-order valence-corrected chi connectivity index (χ0v) is 14.8. The van der Waals surface area contributed by atoms with Gasteiger partial charge in [0.15, 0.2) is 17.6 Å². The Morgan fingerprint density at radius 1 is 0.893 bits per heavy atom. The van der Waals surface area contributed by atoms with E-state index in [0.717, 1.165) is 16.7 Å². The summed E-state index contributed by atoms with van der Waals surface area (Å²) in [5.74, 6) is 1.06. The van der Waals surface area contributed by atoms with Gasteiger partial charge < -0.3 is 13.6 Å². The third-order valence-corrected chi connectivity index (χ3v) is 4.53. The van der Waals surface area contributed by atoms with Crippen molar-refractivity contribution < 1.29 is 13.6 Å². The average molecular weight is 369 g/mol. The summed E-state index contributed by atoms with van der Waals surface area (Å²) in [5, 5.41) is 0.510. The van der Waals surface area contributed by atoms with Crippen molar-refractivity contribution in [2.45, 2.75) is 6.61 Å². The SMILES string of the molecule is O=c1c(-c2ccccc2)coc2cc(OCc3nc4ccccc4o3)ccc12. The summed E-state index contributed by atoms with van der Waals surface area (Å²) >= 11 is 0. The zero-order valence-electron chi connectivity index (χ0n) is 14.8. The van der Waals surface area contributed by atoms with Crippen molar-refractivity contribution in [1.29, 1.82) is 0 Å². The summed E-state index contributed by atoms with van der Waals surface area (Å²) < 4.78 is 17.1. The maximum atomic E-state index is 12.8. The molecule has 2 heterocycles. The van der Waals surface area contributed by atoms with Gasteiger partial charge in [-0.2, -0.15) is 0 Å². The Kier molecular flexibility index (Phi) is 3.91. The predicted molar refractivity (Wildman–Crippen MR) is 106 cm³/mol. The topological polar surface area (TPSA) is 65.5 Å². The third kappa shape index (κ3) is 2.93. The predicted octanol–water partition coefficient (Wildman–Crippen LogP) is 5.18. The van der Waals surface area contributed by atoms with Crippen molar-refractivity contribution in [3.05, 3.63) is 95.2 Å². The number of ether oxygens (including phenoxy) is 1. The van der Waals surface area contributed by atoms with E-state index in [1.54, 1.807) is 18.2 Å². The third-order valence-electron chi connectivity index (χ3n) is 4.53. The lowest BCUT2D eigenvalue weighted by atomic mass is 10.1. The van der Waals surface area contributed by atoms with Crippen molar-refractivity contribution in [3.8, 4) is 16.9 Å². The van der Waals surface area contributed by atoms with Crippen molar-refractivity contribution in [2.24, 2.45) is 0 Å². The van der Waals surface area contributed by atoms with Crippen LogP contribution in [0.2, 0.25) is 0 Å². The number of aromatic nitrogens is 1. The molecule has 0 fully saturated rings. The molecule has 0 aliphatic carbocycles. The number of fused-ring (bicyclic) bond motifs is 2. The van der Waals surface area contributed by atoms with Gasteiger partial charge in [0, 0.05) is 6.07 Å². The molecular formula is C23H15NO4. The first-order valence-electron chi connectivity index (χ1n) is 8.86. The molecule has 2 aromatic heterocycles. The molecule has 0 aliphatic heterocycles. The Labute approximate surface area is 159 Å². The number of hydrogen-bond acceptors (Lipinski definition) is 5. The monoisotopic (exact) mass is 369 g/mol. The van der Waals surface area contributed by atoms with Crippen LogP contribution < -0.4 is 10.2 Å². The molecule has 0 atom stereocenters. The Balaban J connectivity index is 1.42. The van der Waals surface area contributed by atoms with Gasteiger partial charge in [0.1, 0.15) is 23.1 Å². The molecule has 0 unspecified atom stereocenters. The Morgan fingerprint density at radius 2 is 1.71 bits per heavy atom. The maximum Gasteiger partial charge on any atom is 0.233 e. The molecule has 0 saturated carbocycles. The molecule has 0 bridgehead atoms. The molecule has 5 nitrogen and oxygen atoms in total. The lowest BCUT2D eigenvalue weighted by Crippen LogP contribution is -2.05. The van der Waals surface area contributed by atoms with Crippen molar-refractivity contribution >= 4 is 22.1 Å². The van der Waals surface area contributed by atoms with Gasteiger partial charge in [-0.05, 0) is 29.8 Å². The van der Waals surface area contributed by atoms with Crippen LogP contribution in [0, 0.1) is 0 Å². The molecule has 28 heavy (non-hydrogen) atoms. The Hall–Kier alpha value is -3.86. The van der Waals surface area contributed by atoms with Crippen molar-refractivity contribution in [3.63, 3.8) is 0 Å². The molecule has 0 N–H and O–H groups in total. The lowest BCUT2D eigenvalue weighted by Gasteiger charge is -2.06. The van der Waals surface area contributed by atoms with E-state index in [2.05, 4.69) is 4.98 Å². The first-order chi connectivity index (χ1) is 13.8. The standard InChI is InChI=1S/C23H15NO4/c25-23-17-11-10-16(26-14-22-24-19-8-4-5-9-20(19)28-22)12-21(17)27-13-18(23)15-6-2-1-3-7-15/h1-13H,14H2. The highest BCUT2D eigenvalue weighted by Gasteiger charge is 2.11. The fraction of sp³-hybridized carbons (Fsp3) is 0.0435. The van der Waals surface area contributed by atoms with Crippen LogP contribution in [0.4, 0.5) is 0 Å². The first-order valence-corrected chi connectivity index (χ1v) is 8.86. The van der Waals surface area contributed by atoms with E-state index in [1.807, 2.05) is 54.6 Å². The molecule has 5 rings (SSSR count). The number of benzene rings is 3. The smallest absolute Gasteiger partial charge is 0.233 e. The van der Waals surface area contributed by atoms with E-state index >= 15 is 0 Å². The molecule has 5 aromatic rings. The van der Waals surface area contributed by atoms with E-state index in [0.29, 0.717) is 28.2 Å². The second-order valence-corrected chi connectivity index (χ2v) is 6.37. The van der Waals surface area contributed by atoms with Gasteiger partial charge in [-0.15, -0.1) is 0 Å². The van der Waals surface area contributed by atoms with Crippen LogP contribution in [-0.2, 0) is 6.61 Å². The lowest BCUT2D eigenvalue weighted by molar-refractivity contribution is 0.267. The van der Waals surface area contributed by atoms with Gasteiger partial charge in [-0.3, -0.25) is 4.79 Å². The minimum absolute atomic E-state index is 0.0713. The molecule has 0 amide bonds. The van der Waals surface area contributed by atoms with Crippen LogP contribution in [0.3, 0.4) is 0 Å². The number of hydrogen-bond donors (Lipinski definition) is 0. The number of nitrogens with zero attached hydrogens (tertiary/aromatic N) is 1. The highest BCUT2D eigenvalue weighted by Crippen LogP contribution is 2.24. The second-order valence-electron chi connectivity index (χ2n) is 6.37. The fourth-order valence-electron chi connectivity index (χ4n) is 3.14. The molecule has 0 radical (unpaired) electrons. The van der Waals surface area contributed by atoms with Crippen molar-refractivity contribution in [1.82, 2.24) is 4.98 Å². The van der Waals surface area contributed by atoms with Crippen LogP contribution in [-0.4, -0.2) is 4.98 Å². The summed E-state index contributed by atoms with van der Waals surface area (Å²) in [5.41, 5.74) is 3.28. The van der Waals surface area contributed by atoms with Gasteiger partial charge in [0.2, 0.25) is 5.89 Å². The van der Waals surface area contributed by atoms with Crippen molar-refractivity contribution in [2.75, 3.05) is 0 Å². The second kappa shape index (κ2) is 6.70. The van der Waals surface area contributed by atoms with E-state index in [9.17, 15) is 4.79 Å². The first kappa shape index (κ1) is 16.3. The normalized spacial score (nSPS) is 11.1. The van der Waals surface area contributed by atoms with Crippen LogP contribution in [0.15, 0.2) is 92.7 Å². The highest BCUT2D eigenvalue weighted by molar-refractivity contribution is 5.82. The molecular weight excluding hydrogens is 354 g/mol. The van der Waals surface area contributed by atoms with Gasteiger partial charge in [-0.25, -0.2) is 4.98 Å². The highest BCUT2D eigenvalue weighted by atomic mass is 16.5. The number of rotatable bonds is 4. The minimum atomic E-state index is -0.0713. The summed E-state index contributed by atoms with van der Waals surface area (Å²) in [4.78, 5) is 17.2. The molecule has 0 aliphatic rings. The fourth-order valence-corrected chi connectivity index (χ4v) is 3.14. The number of oxazole rings is 1. The summed E-state index contributed by atoms with van der Waals surface area (Å²) in [6.45, 7) is 0.187. The van der Waals surface area contributed by atoms with E-state index < -0.39 is 0 Å². The Bertz CT molecular complexity index is 1300. The van der Waals surface area contributed by atoms with Gasteiger partial charge in [0.05, 0.1) is 10.9 Å². The maximum absolute atomic E-state index is 12.8. The Morgan fingerprint density at radius 3 is 2.57 bits per heavy atom. The quantitative estimate of drug-likeness (QED) is 0.437. The van der Waals surface area contributed by atoms with Gasteiger partial charge in [0.25, 0.3) is 0 Å². The minimum Gasteiger partial charge on any atom is -0.484 e. The molecule has 136 valence electrons. The van der Waals surface area contributed by atoms with Crippen LogP contribution >= 0.6 is 0 Å². The molecule has 0 saturated heterocycles. The number of para-hydroxylation sites is 2. The largest absolute Gasteiger partial charge is 0.484 e. The summed E-state index contributed by atoms with van der Waals surface area (Å²) in [6, 6.07) is 22.2. The van der Waals surface area contributed by atoms with Gasteiger partial charge >= 0.3 is 0 Å². The van der Waals surface area contributed by atoms with Gasteiger partial charge in [-0.1, -0.05) is 42.5 Å². The molecule has 5 heteroatoms. The average Bonchev–Trinajstić information content (AvgIpc) is 3.16. The van der Waals surface area contributed by atoms with E-state index in [1.165, 1.54) is 6.26 Å². The summed E-state index contributed by atoms with van der Waals surface area (Å²) in [7, 11) is 0. The van der Waals surface area contributed by atoms with E-state index in [4.69, 9.17) is 13.6 Å². The molecule has 3 aromatic carbocycles. The van der Waals surface area contributed by atoms with E-state index in [-0.39, 0.29) is 12.0 Å². The van der Waals surface area contributed by atoms with Crippen LogP contribution in [0.25, 0.3) is 33.2 Å². The van der Waals surface area contributed by atoms with Crippen LogP contribution in [0.1, 0.15) is 5.89 Å². The van der Waals surface area contributed by atoms with Crippen LogP contribution in [0.5, 0.6) is 5.75 Å².